The summed E-state index contributed by atoms with van der Waals surface area (Å²) in [5.74, 6) is 1.60. The highest BCUT2D eigenvalue weighted by atomic mass is 79.9. The third-order valence-electron chi connectivity index (χ3n) is 7.92. The van der Waals surface area contributed by atoms with Gasteiger partial charge in [-0.15, -0.1) is 4.21 Å². The number of hydrogen-bond acceptors (Lipinski definition) is 1. The topological polar surface area (TPSA) is 17.1 Å². The van der Waals surface area contributed by atoms with Crippen LogP contribution in [0.4, 0.5) is 13.2 Å². The van der Waals surface area contributed by atoms with Crippen LogP contribution in [0.25, 0.3) is 6.08 Å². The first-order valence-electron chi connectivity index (χ1n) is 14.9. The fourth-order valence-corrected chi connectivity index (χ4v) is 7.08. The Kier molecular flexibility index (Phi) is 11.7. The third-order valence-corrected chi connectivity index (χ3v) is 10.2. The van der Waals surface area contributed by atoms with Gasteiger partial charge in [0, 0.05) is 15.1 Å². The second kappa shape index (κ2) is 16.1. The SMILES string of the molecule is Fc1ccc([B-](C=Cc2ccccc2)(c2ccc(F)cc2)c2ccc(F)cc2)cc1.O=[SH+](Cc1ccc(Br)cc1)c1ccc(Cl)cc1. The van der Waals surface area contributed by atoms with E-state index in [-0.39, 0.29) is 17.5 Å². The molecule has 0 saturated carbocycles. The summed E-state index contributed by atoms with van der Waals surface area (Å²) in [6.07, 6.45) is 0.232. The minimum atomic E-state index is -1.76. The van der Waals surface area contributed by atoms with Crippen molar-refractivity contribution in [3.8, 4) is 0 Å². The van der Waals surface area contributed by atoms with Crippen molar-refractivity contribution in [2.24, 2.45) is 0 Å². The highest BCUT2D eigenvalue weighted by Crippen LogP contribution is 2.18. The van der Waals surface area contributed by atoms with Crippen molar-refractivity contribution in [1.29, 1.82) is 0 Å². The van der Waals surface area contributed by atoms with Crippen LogP contribution in [-0.2, 0) is 20.8 Å². The smallest absolute Gasteiger partial charge is 0.156 e. The molecule has 0 aliphatic rings. The van der Waals surface area contributed by atoms with E-state index in [4.69, 9.17) is 11.6 Å². The van der Waals surface area contributed by atoms with Crippen LogP contribution in [0.15, 0.2) is 167 Å². The van der Waals surface area contributed by atoms with Crippen molar-refractivity contribution < 1.29 is 17.4 Å². The second-order valence-corrected chi connectivity index (χ2v) is 13.9. The maximum atomic E-state index is 13.7. The Morgan fingerprint density at radius 3 is 1.49 bits per heavy atom. The van der Waals surface area contributed by atoms with E-state index in [0.717, 1.165) is 36.9 Å². The zero-order valence-corrected chi connectivity index (χ0v) is 28.4. The van der Waals surface area contributed by atoms with Gasteiger partial charge < -0.3 is 0 Å². The lowest BCUT2D eigenvalue weighted by atomic mass is 9.15. The average molecular weight is 730 g/mol. The molecular formula is C39H30BBrClF3OS. The Hall–Kier alpha value is -4.17. The van der Waals surface area contributed by atoms with Crippen molar-refractivity contribution in [3.63, 3.8) is 0 Å². The predicted molar refractivity (Wildman–Crippen MR) is 196 cm³/mol. The number of thiol groups is 1. The molecular weight excluding hydrogens is 700 g/mol. The summed E-state index contributed by atoms with van der Waals surface area (Å²) < 4.78 is 54.3. The van der Waals surface area contributed by atoms with Crippen LogP contribution in [0.1, 0.15) is 11.1 Å². The minimum absolute atomic E-state index is 0.339. The number of benzene rings is 6. The molecule has 0 aromatic heterocycles. The quantitative estimate of drug-likeness (QED) is 0.0868. The second-order valence-electron chi connectivity index (χ2n) is 11.0. The first-order valence-corrected chi connectivity index (χ1v) is 17.5. The molecule has 0 bridgehead atoms. The van der Waals surface area contributed by atoms with Gasteiger partial charge >= 0.3 is 0 Å². The Labute approximate surface area is 289 Å². The Bertz CT molecular complexity index is 1820. The molecule has 236 valence electrons. The maximum Gasteiger partial charge on any atom is 0.156 e. The summed E-state index contributed by atoms with van der Waals surface area (Å²) in [5, 5.41) is 0.667. The lowest BCUT2D eigenvalue weighted by molar-refractivity contribution is 0.595. The molecule has 1 unspecified atom stereocenters. The Balaban J connectivity index is 0.000000216. The van der Waals surface area contributed by atoms with E-state index in [9.17, 15) is 17.4 Å². The van der Waals surface area contributed by atoms with Crippen LogP contribution in [0, 0.1) is 17.5 Å². The van der Waals surface area contributed by atoms with Gasteiger partial charge in [-0.05, 0) is 78.4 Å². The summed E-state index contributed by atoms with van der Waals surface area (Å²) in [6, 6.07) is 43.7. The Morgan fingerprint density at radius 2 is 1.04 bits per heavy atom. The van der Waals surface area contributed by atoms with Crippen LogP contribution in [0.2, 0.25) is 5.02 Å². The van der Waals surface area contributed by atoms with Gasteiger partial charge in [-0.2, -0.15) is 16.4 Å². The van der Waals surface area contributed by atoms with Crippen molar-refractivity contribution in [2.45, 2.75) is 10.6 Å². The zero-order chi connectivity index (χ0) is 33.2. The first kappa shape index (κ1) is 34.2. The average Bonchev–Trinajstić information content (AvgIpc) is 3.09. The van der Waals surface area contributed by atoms with Crippen LogP contribution >= 0.6 is 27.5 Å². The van der Waals surface area contributed by atoms with Gasteiger partial charge in [0.1, 0.15) is 40.2 Å². The van der Waals surface area contributed by atoms with E-state index in [2.05, 4.69) is 21.9 Å². The molecule has 0 radical (unpaired) electrons. The summed E-state index contributed by atoms with van der Waals surface area (Å²) in [5.41, 5.74) is 4.62. The summed E-state index contributed by atoms with van der Waals surface area (Å²) in [4.78, 5) is 0.840. The molecule has 0 spiro atoms. The van der Waals surface area contributed by atoms with Gasteiger partial charge in [0.05, 0.1) is 0 Å². The highest BCUT2D eigenvalue weighted by molar-refractivity contribution is 9.10. The first-order chi connectivity index (χ1) is 22.7. The number of hydrogen-bond donors (Lipinski definition) is 0. The largest absolute Gasteiger partial charge is 0.231 e. The van der Waals surface area contributed by atoms with E-state index in [1.807, 2.05) is 72.8 Å². The van der Waals surface area contributed by atoms with Crippen molar-refractivity contribution in [3.05, 3.63) is 196 Å². The van der Waals surface area contributed by atoms with Crippen molar-refractivity contribution in [1.82, 2.24) is 0 Å². The molecule has 0 aliphatic carbocycles. The molecule has 0 amide bonds. The van der Waals surface area contributed by atoms with Gasteiger partial charge in [-0.3, -0.25) is 0 Å². The maximum absolute atomic E-state index is 13.7. The Morgan fingerprint density at radius 1 is 0.596 bits per heavy atom. The molecule has 6 aromatic rings. The molecule has 1 nitrogen and oxygen atoms in total. The summed E-state index contributed by atoms with van der Waals surface area (Å²) >= 11 is 9.17. The molecule has 0 aliphatic heterocycles. The fourth-order valence-electron chi connectivity index (χ4n) is 5.48. The van der Waals surface area contributed by atoms with Gasteiger partial charge in [0.2, 0.25) is 0 Å². The fraction of sp³-hybridized carbons (Fsp3) is 0.0256. The van der Waals surface area contributed by atoms with Crippen LogP contribution in [0.3, 0.4) is 0 Å². The van der Waals surface area contributed by atoms with Gasteiger partial charge in [-0.1, -0.05) is 112 Å². The third kappa shape index (κ3) is 9.01. The predicted octanol–water partition coefficient (Wildman–Crippen LogP) is 9.18. The molecule has 0 fully saturated rings. The van der Waals surface area contributed by atoms with Crippen LogP contribution < -0.4 is 16.4 Å². The number of halogens is 5. The molecule has 6 aromatic carbocycles. The normalized spacial score (nSPS) is 11.9. The van der Waals surface area contributed by atoms with Crippen LogP contribution in [-0.4, -0.2) is 6.15 Å². The summed E-state index contributed by atoms with van der Waals surface area (Å²) in [6.45, 7) is 0. The molecule has 47 heavy (non-hydrogen) atoms. The lowest BCUT2D eigenvalue weighted by Gasteiger charge is -2.40. The van der Waals surface area contributed by atoms with Crippen molar-refractivity contribution >= 4 is 66.9 Å². The summed E-state index contributed by atoms with van der Waals surface area (Å²) in [7, 11) is -1.40. The van der Waals surface area contributed by atoms with Crippen molar-refractivity contribution in [2.75, 3.05) is 0 Å². The molecule has 1 atom stereocenters. The zero-order valence-electron chi connectivity index (χ0n) is 25.1. The molecule has 0 heterocycles. The molecule has 0 saturated heterocycles. The van der Waals surface area contributed by atoms with E-state index < -0.39 is 16.9 Å². The highest BCUT2D eigenvalue weighted by Gasteiger charge is 2.27. The van der Waals surface area contributed by atoms with Gasteiger partial charge in [-0.25, -0.2) is 19.1 Å². The van der Waals surface area contributed by atoms with Crippen LogP contribution in [0.5, 0.6) is 0 Å². The van der Waals surface area contributed by atoms with E-state index >= 15 is 0 Å². The minimum Gasteiger partial charge on any atom is -0.231 e. The molecule has 0 N–H and O–H groups in total. The lowest BCUT2D eigenvalue weighted by Crippen LogP contribution is -2.66. The standard InChI is InChI=1S/C26H19BF3.C13H10BrClOS/c28-24-12-6-21(7-13-24)27(22-8-14-25(29)15-9-22,23-10-16-26(30)17-11-23)19-18-20-4-2-1-3-5-20;14-11-3-1-10(2-4-11)9-17(16)13-7-5-12(15)6-8-13/h1-19H;1-8H,9H2/q-1;/p+1. The van der Waals surface area contributed by atoms with E-state index in [1.54, 1.807) is 48.5 Å². The van der Waals surface area contributed by atoms with E-state index in [1.165, 1.54) is 36.4 Å². The number of rotatable bonds is 8. The van der Waals surface area contributed by atoms with Gasteiger partial charge in [0.25, 0.3) is 0 Å². The monoisotopic (exact) mass is 728 g/mol. The molecule has 8 heteroatoms. The molecule has 6 rings (SSSR count). The van der Waals surface area contributed by atoms with Gasteiger partial charge in [0.15, 0.2) is 4.90 Å². The van der Waals surface area contributed by atoms with E-state index in [0.29, 0.717) is 10.8 Å².